The van der Waals surface area contributed by atoms with Gasteiger partial charge in [-0.1, -0.05) is 39.0 Å². The normalized spacial score (nSPS) is 38.7. The lowest BCUT2D eigenvalue weighted by Gasteiger charge is -2.46. The molecule has 0 bridgehead atoms. The van der Waals surface area contributed by atoms with Gasteiger partial charge in [0.25, 0.3) is 0 Å². The Kier molecular flexibility index (Phi) is 5.99. The summed E-state index contributed by atoms with van der Waals surface area (Å²) in [4.78, 5) is 2.92. The topological polar surface area (TPSA) is 15.3 Å². The second kappa shape index (κ2) is 7.97. The fourth-order valence-corrected chi connectivity index (χ4v) is 5.39. The fourth-order valence-electron chi connectivity index (χ4n) is 5.39. The number of hydrogen-bond donors (Lipinski definition) is 1. The third kappa shape index (κ3) is 4.01. The third-order valence-electron chi connectivity index (χ3n) is 6.45. The molecule has 1 saturated heterocycles. The van der Waals surface area contributed by atoms with Gasteiger partial charge in [-0.2, -0.15) is 0 Å². The molecule has 3 aliphatic rings. The molecule has 1 N–H and O–H groups in total. The first-order valence-corrected chi connectivity index (χ1v) is 9.86. The second-order valence-corrected chi connectivity index (χ2v) is 7.81. The molecule has 3 rings (SSSR count). The second-order valence-electron chi connectivity index (χ2n) is 7.81. The molecule has 0 radical (unpaired) electrons. The van der Waals surface area contributed by atoms with Crippen LogP contribution in [0, 0.1) is 11.8 Å². The van der Waals surface area contributed by atoms with Gasteiger partial charge in [-0.15, -0.1) is 0 Å². The Bertz CT molecular complexity index is 302. The van der Waals surface area contributed by atoms with Gasteiger partial charge in [0.05, 0.1) is 0 Å². The lowest BCUT2D eigenvalue weighted by Crippen LogP contribution is -2.51. The Morgan fingerprint density at radius 2 is 1.62 bits per heavy atom. The summed E-state index contributed by atoms with van der Waals surface area (Å²) in [5.41, 5.74) is 0. The molecule has 1 heterocycles. The summed E-state index contributed by atoms with van der Waals surface area (Å²) in [6.07, 6.45) is 16.2. The fraction of sp³-hybridized carbons (Fsp3) is 1.00. The van der Waals surface area contributed by atoms with E-state index in [2.05, 4.69) is 17.1 Å². The quantitative estimate of drug-likeness (QED) is 0.781. The Balaban J connectivity index is 1.61. The molecule has 2 unspecified atom stereocenters. The molecule has 0 aromatic rings. The zero-order valence-electron chi connectivity index (χ0n) is 14.2. The standard InChI is InChI=1S/C19H36N2/c1-2-20-18-12-5-3-4-10-17(18)15-21-14-8-11-16-9-6-7-13-19(16)21/h16-20H,2-15H2,1H3/t16-,17?,18?,19-/m1/s1. The Labute approximate surface area is 132 Å². The van der Waals surface area contributed by atoms with E-state index < -0.39 is 0 Å². The van der Waals surface area contributed by atoms with Gasteiger partial charge < -0.3 is 5.32 Å². The average Bonchev–Trinajstić information content (AvgIpc) is 2.74. The van der Waals surface area contributed by atoms with Gasteiger partial charge in [0, 0.05) is 18.6 Å². The Morgan fingerprint density at radius 3 is 2.52 bits per heavy atom. The van der Waals surface area contributed by atoms with Crippen LogP contribution in [-0.2, 0) is 0 Å². The molecule has 2 nitrogen and oxygen atoms in total. The monoisotopic (exact) mass is 292 g/mol. The highest BCUT2D eigenvalue weighted by molar-refractivity contribution is 4.90. The van der Waals surface area contributed by atoms with Gasteiger partial charge in [-0.25, -0.2) is 0 Å². The maximum atomic E-state index is 3.81. The number of piperidine rings is 1. The van der Waals surface area contributed by atoms with Crippen molar-refractivity contribution in [1.29, 1.82) is 0 Å². The van der Waals surface area contributed by atoms with Crippen LogP contribution in [0.1, 0.15) is 77.6 Å². The van der Waals surface area contributed by atoms with Crippen LogP contribution in [0.4, 0.5) is 0 Å². The van der Waals surface area contributed by atoms with Crippen LogP contribution < -0.4 is 5.32 Å². The highest BCUT2D eigenvalue weighted by Crippen LogP contribution is 2.36. The summed E-state index contributed by atoms with van der Waals surface area (Å²) in [5.74, 6) is 1.95. The van der Waals surface area contributed by atoms with Crippen LogP contribution in [0.3, 0.4) is 0 Å². The van der Waals surface area contributed by atoms with Crippen LogP contribution in [0.15, 0.2) is 0 Å². The summed E-state index contributed by atoms with van der Waals surface area (Å²) in [6, 6.07) is 1.74. The van der Waals surface area contributed by atoms with Gasteiger partial charge in [-0.05, 0) is 63.5 Å². The van der Waals surface area contributed by atoms with E-state index in [1.807, 2.05) is 0 Å². The molecule has 4 atom stereocenters. The van der Waals surface area contributed by atoms with Crippen molar-refractivity contribution in [2.45, 2.75) is 89.6 Å². The molecule has 122 valence electrons. The number of nitrogens with zero attached hydrogens (tertiary/aromatic N) is 1. The maximum absolute atomic E-state index is 3.81. The van der Waals surface area contributed by atoms with E-state index in [1.54, 1.807) is 0 Å². The van der Waals surface area contributed by atoms with E-state index in [0.717, 1.165) is 30.5 Å². The summed E-state index contributed by atoms with van der Waals surface area (Å²) in [7, 11) is 0. The van der Waals surface area contributed by atoms with Crippen molar-refractivity contribution in [3.63, 3.8) is 0 Å². The Hall–Kier alpha value is -0.0800. The van der Waals surface area contributed by atoms with Gasteiger partial charge in [0.2, 0.25) is 0 Å². The molecule has 0 amide bonds. The minimum Gasteiger partial charge on any atom is -0.314 e. The van der Waals surface area contributed by atoms with Crippen LogP contribution in [0.25, 0.3) is 0 Å². The first-order chi connectivity index (χ1) is 10.4. The van der Waals surface area contributed by atoms with Crippen molar-refractivity contribution in [2.24, 2.45) is 11.8 Å². The van der Waals surface area contributed by atoms with Crippen molar-refractivity contribution in [3.8, 4) is 0 Å². The number of rotatable bonds is 4. The number of likely N-dealkylation sites (tertiary alicyclic amines) is 1. The number of hydrogen-bond acceptors (Lipinski definition) is 2. The molecule has 0 spiro atoms. The van der Waals surface area contributed by atoms with Crippen molar-refractivity contribution in [1.82, 2.24) is 10.2 Å². The first kappa shape index (κ1) is 15.8. The Morgan fingerprint density at radius 1 is 0.857 bits per heavy atom. The van der Waals surface area contributed by atoms with E-state index in [9.17, 15) is 0 Å². The largest absolute Gasteiger partial charge is 0.314 e. The highest BCUT2D eigenvalue weighted by Gasteiger charge is 2.35. The van der Waals surface area contributed by atoms with E-state index >= 15 is 0 Å². The first-order valence-electron chi connectivity index (χ1n) is 9.86. The van der Waals surface area contributed by atoms with Gasteiger partial charge in [0.1, 0.15) is 0 Å². The van der Waals surface area contributed by atoms with E-state index in [4.69, 9.17) is 0 Å². The van der Waals surface area contributed by atoms with Crippen LogP contribution in [-0.4, -0.2) is 36.6 Å². The van der Waals surface area contributed by atoms with E-state index in [0.29, 0.717) is 0 Å². The molecule has 0 aromatic carbocycles. The zero-order valence-corrected chi connectivity index (χ0v) is 14.2. The summed E-state index contributed by atoms with van der Waals surface area (Å²) in [6.45, 7) is 6.20. The van der Waals surface area contributed by atoms with Crippen LogP contribution in [0.2, 0.25) is 0 Å². The maximum Gasteiger partial charge on any atom is 0.0124 e. The van der Waals surface area contributed by atoms with Crippen molar-refractivity contribution in [2.75, 3.05) is 19.6 Å². The smallest absolute Gasteiger partial charge is 0.0124 e. The van der Waals surface area contributed by atoms with Crippen molar-refractivity contribution >= 4 is 0 Å². The number of fused-ring (bicyclic) bond motifs is 1. The predicted molar refractivity (Wildman–Crippen MR) is 90.6 cm³/mol. The highest BCUT2D eigenvalue weighted by atomic mass is 15.2. The third-order valence-corrected chi connectivity index (χ3v) is 6.45. The lowest BCUT2D eigenvalue weighted by atomic mass is 9.77. The SMILES string of the molecule is CCNC1CCCCCC1CN1CCC[C@H]2CCCC[C@H]21. The summed E-state index contributed by atoms with van der Waals surface area (Å²) >= 11 is 0. The molecule has 2 aliphatic carbocycles. The molecule has 0 aromatic heterocycles. The summed E-state index contributed by atoms with van der Waals surface area (Å²) in [5, 5.41) is 3.81. The van der Waals surface area contributed by atoms with Crippen LogP contribution in [0.5, 0.6) is 0 Å². The predicted octanol–water partition coefficient (Wildman–Crippen LogP) is 4.20. The molecule has 2 saturated carbocycles. The molecule has 21 heavy (non-hydrogen) atoms. The minimum atomic E-state index is 0.793. The number of nitrogens with one attached hydrogen (secondary N) is 1. The van der Waals surface area contributed by atoms with Crippen LogP contribution >= 0.6 is 0 Å². The average molecular weight is 293 g/mol. The van der Waals surface area contributed by atoms with Gasteiger partial charge in [-0.3, -0.25) is 4.90 Å². The zero-order chi connectivity index (χ0) is 14.5. The van der Waals surface area contributed by atoms with E-state index in [-0.39, 0.29) is 0 Å². The van der Waals surface area contributed by atoms with Crippen molar-refractivity contribution < 1.29 is 0 Å². The van der Waals surface area contributed by atoms with E-state index in [1.165, 1.54) is 83.7 Å². The van der Waals surface area contributed by atoms with Gasteiger partial charge in [0.15, 0.2) is 0 Å². The minimum absolute atomic E-state index is 0.793. The molecule has 1 aliphatic heterocycles. The summed E-state index contributed by atoms with van der Waals surface area (Å²) < 4.78 is 0. The molecule has 3 fully saturated rings. The van der Waals surface area contributed by atoms with Gasteiger partial charge >= 0.3 is 0 Å². The molecule has 2 heteroatoms. The lowest BCUT2D eigenvalue weighted by molar-refractivity contribution is 0.0415. The van der Waals surface area contributed by atoms with Crippen molar-refractivity contribution in [3.05, 3.63) is 0 Å². The molecular formula is C19H36N2. The molecular weight excluding hydrogens is 256 g/mol.